The molecule has 1 aromatic rings. The Kier molecular flexibility index (Phi) is 6.80. The lowest BCUT2D eigenvalue weighted by atomic mass is 10.2. The van der Waals surface area contributed by atoms with Gasteiger partial charge in [-0.25, -0.2) is 4.79 Å². The summed E-state index contributed by atoms with van der Waals surface area (Å²) in [6.07, 6.45) is 1.61. The molecular weight excluding hydrogens is 324 g/mol. The molecule has 1 aromatic carbocycles. The average molecular weight is 348 g/mol. The van der Waals surface area contributed by atoms with Gasteiger partial charge in [0.25, 0.3) is 5.91 Å². The van der Waals surface area contributed by atoms with Crippen LogP contribution in [0.15, 0.2) is 30.3 Å². The van der Waals surface area contributed by atoms with Crippen LogP contribution in [-0.2, 0) is 19.1 Å². The number of para-hydroxylation sites is 1. The summed E-state index contributed by atoms with van der Waals surface area (Å²) < 4.78 is 10.6. The minimum atomic E-state index is -0.779. The third-order valence-corrected chi connectivity index (χ3v) is 3.74. The Morgan fingerprint density at radius 3 is 2.52 bits per heavy atom. The second-order valence-electron chi connectivity index (χ2n) is 6.03. The molecule has 1 aliphatic rings. The molecule has 0 aliphatic heterocycles. The Morgan fingerprint density at radius 2 is 1.92 bits per heavy atom. The van der Waals surface area contributed by atoms with Gasteiger partial charge in [0.05, 0.1) is 6.54 Å². The molecule has 1 saturated carbocycles. The molecular formula is C18H24N2O5. The number of amides is 2. The molecule has 1 aliphatic carbocycles. The van der Waals surface area contributed by atoms with Crippen molar-refractivity contribution in [2.24, 2.45) is 0 Å². The number of benzene rings is 1. The van der Waals surface area contributed by atoms with Crippen LogP contribution in [0.4, 0.5) is 0 Å². The second-order valence-corrected chi connectivity index (χ2v) is 6.03. The molecule has 0 heterocycles. The van der Waals surface area contributed by atoms with Gasteiger partial charge in [-0.1, -0.05) is 25.1 Å². The van der Waals surface area contributed by atoms with E-state index in [1.807, 2.05) is 6.07 Å². The molecule has 1 atom stereocenters. The number of hydrogen-bond donors (Lipinski definition) is 1. The fourth-order valence-electron chi connectivity index (χ4n) is 2.10. The number of ether oxygens (including phenoxy) is 2. The predicted octanol–water partition coefficient (Wildman–Crippen LogP) is 1.12. The Labute approximate surface area is 147 Å². The molecule has 25 heavy (non-hydrogen) atoms. The predicted molar refractivity (Wildman–Crippen MR) is 90.9 cm³/mol. The number of carbonyl (C=O) groups excluding carboxylic acids is 3. The van der Waals surface area contributed by atoms with Crippen LogP contribution in [-0.4, -0.2) is 55.0 Å². The average Bonchev–Trinajstić information content (AvgIpc) is 3.41. The monoisotopic (exact) mass is 348 g/mol. The molecule has 0 radical (unpaired) electrons. The van der Waals surface area contributed by atoms with Crippen molar-refractivity contribution in [2.75, 3.05) is 20.2 Å². The summed E-state index contributed by atoms with van der Waals surface area (Å²) in [4.78, 5) is 37.0. The van der Waals surface area contributed by atoms with E-state index in [1.54, 1.807) is 31.2 Å². The van der Waals surface area contributed by atoms with Crippen LogP contribution in [0, 0.1) is 0 Å². The molecule has 0 spiro atoms. The smallest absolute Gasteiger partial charge is 0.347 e. The first-order valence-corrected chi connectivity index (χ1v) is 8.41. The van der Waals surface area contributed by atoms with Crippen LogP contribution in [0.1, 0.15) is 26.2 Å². The summed E-state index contributed by atoms with van der Waals surface area (Å²) in [5.74, 6) is -0.681. The van der Waals surface area contributed by atoms with Crippen LogP contribution in [0.25, 0.3) is 0 Å². The van der Waals surface area contributed by atoms with Crippen molar-refractivity contribution >= 4 is 17.8 Å². The summed E-state index contributed by atoms with van der Waals surface area (Å²) in [7, 11) is 1.50. The molecule has 0 bridgehead atoms. The fourth-order valence-corrected chi connectivity index (χ4v) is 2.10. The first kappa shape index (κ1) is 18.8. The van der Waals surface area contributed by atoms with Gasteiger partial charge in [0, 0.05) is 13.1 Å². The lowest BCUT2D eigenvalue weighted by Crippen LogP contribution is -2.41. The number of nitrogens with zero attached hydrogens (tertiary/aromatic N) is 1. The summed E-state index contributed by atoms with van der Waals surface area (Å²) in [6, 6.07) is 9.19. The quantitative estimate of drug-likeness (QED) is 0.676. The Hall–Kier alpha value is -2.57. The van der Waals surface area contributed by atoms with Crippen LogP contribution in [0.3, 0.4) is 0 Å². The molecule has 2 amide bonds. The van der Waals surface area contributed by atoms with Gasteiger partial charge in [0.1, 0.15) is 5.75 Å². The Balaban J connectivity index is 1.74. The zero-order valence-electron chi connectivity index (χ0n) is 14.6. The van der Waals surface area contributed by atoms with Crippen LogP contribution in [0.5, 0.6) is 5.75 Å². The maximum atomic E-state index is 12.1. The minimum Gasteiger partial charge on any atom is -0.479 e. The Bertz CT molecular complexity index is 601. The lowest BCUT2D eigenvalue weighted by Gasteiger charge is -2.19. The molecule has 7 nitrogen and oxygen atoms in total. The van der Waals surface area contributed by atoms with E-state index in [0.29, 0.717) is 12.2 Å². The van der Waals surface area contributed by atoms with Crippen molar-refractivity contribution < 1.29 is 23.9 Å². The number of rotatable bonds is 9. The minimum absolute atomic E-state index is 0.0510. The van der Waals surface area contributed by atoms with Gasteiger partial charge in [0.2, 0.25) is 5.91 Å². The molecule has 1 N–H and O–H groups in total. The molecule has 0 saturated heterocycles. The van der Waals surface area contributed by atoms with Gasteiger partial charge in [0.15, 0.2) is 12.7 Å². The largest absolute Gasteiger partial charge is 0.479 e. The highest BCUT2D eigenvalue weighted by Gasteiger charge is 2.25. The number of hydrogen-bond acceptors (Lipinski definition) is 5. The normalized spacial score (nSPS) is 14.3. The van der Waals surface area contributed by atoms with Crippen molar-refractivity contribution in [1.29, 1.82) is 0 Å². The highest BCUT2D eigenvalue weighted by molar-refractivity contribution is 5.86. The lowest BCUT2D eigenvalue weighted by molar-refractivity contribution is -0.158. The van der Waals surface area contributed by atoms with Gasteiger partial charge in [-0.05, 0) is 31.4 Å². The number of esters is 1. The van der Waals surface area contributed by atoms with Crippen LogP contribution in [0.2, 0.25) is 0 Å². The Morgan fingerprint density at radius 1 is 1.24 bits per heavy atom. The highest BCUT2D eigenvalue weighted by Crippen LogP contribution is 2.18. The summed E-state index contributed by atoms with van der Waals surface area (Å²) in [5.41, 5.74) is 0. The second kappa shape index (κ2) is 9.05. The van der Waals surface area contributed by atoms with Crippen molar-refractivity contribution in [3.63, 3.8) is 0 Å². The maximum Gasteiger partial charge on any atom is 0.347 e. The van der Waals surface area contributed by atoms with E-state index in [0.717, 1.165) is 12.8 Å². The van der Waals surface area contributed by atoms with Crippen molar-refractivity contribution in [1.82, 2.24) is 10.2 Å². The number of likely N-dealkylation sites (N-methyl/N-ethyl adjacent to an activating group) is 1. The van der Waals surface area contributed by atoms with Crippen molar-refractivity contribution in [2.45, 2.75) is 38.3 Å². The van der Waals surface area contributed by atoms with Gasteiger partial charge >= 0.3 is 5.97 Å². The van der Waals surface area contributed by atoms with Crippen molar-refractivity contribution in [3.05, 3.63) is 30.3 Å². The van der Waals surface area contributed by atoms with E-state index >= 15 is 0 Å². The van der Waals surface area contributed by atoms with E-state index in [2.05, 4.69) is 5.32 Å². The molecule has 1 fully saturated rings. The zero-order chi connectivity index (χ0) is 18.2. The molecule has 136 valence electrons. The fraction of sp³-hybridized carbons (Fsp3) is 0.500. The first-order chi connectivity index (χ1) is 12.0. The number of nitrogens with one attached hydrogen (secondary N) is 1. The molecule has 0 aromatic heterocycles. The zero-order valence-corrected chi connectivity index (χ0v) is 14.6. The van der Waals surface area contributed by atoms with Gasteiger partial charge in [-0.2, -0.15) is 0 Å². The maximum absolute atomic E-state index is 12.1. The summed E-state index contributed by atoms with van der Waals surface area (Å²) in [6.45, 7) is 1.33. The highest BCUT2D eigenvalue weighted by atomic mass is 16.6. The van der Waals surface area contributed by atoms with Gasteiger partial charge in [-0.3, -0.25) is 9.59 Å². The molecule has 2 rings (SSSR count). The van der Waals surface area contributed by atoms with Crippen LogP contribution >= 0.6 is 0 Å². The number of carbonyl (C=O) groups is 3. The third kappa shape index (κ3) is 6.45. The third-order valence-electron chi connectivity index (χ3n) is 3.74. The van der Waals surface area contributed by atoms with E-state index in [4.69, 9.17) is 9.47 Å². The summed E-state index contributed by atoms with van der Waals surface area (Å²) >= 11 is 0. The molecule has 0 unspecified atom stereocenters. The summed E-state index contributed by atoms with van der Waals surface area (Å²) in [5, 5.41) is 2.80. The van der Waals surface area contributed by atoms with Gasteiger partial charge in [-0.15, -0.1) is 0 Å². The van der Waals surface area contributed by atoms with E-state index in [9.17, 15) is 14.4 Å². The van der Waals surface area contributed by atoms with E-state index < -0.39 is 24.6 Å². The van der Waals surface area contributed by atoms with Crippen molar-refractivity contribution in [3.8, 4) is 5.75 Å². The first-order valence-electron chi connectivity index (χ1n) is 8.41. The van der Waals surface area contributed by atoms with Gasteiger partial charge < -0.3 is 19.7 Å². The van der Waals surface area contributed by atoms with E-state index in [-0.39, 0.29) is 18.5 Å². The standard InChI is InChI=1S/C18H24N2O5/c1-3-15(25-14-7-5-4-6-8-14)18(23)24-12-17(22)20(2)11-16(21)19-13-9-10-13/h4-8,13,15H,3,9-12H2,1-2H3,(H,19,21)/t15-/m1/s1. The van der Waals surface area contributed by atoms with E-state index in [1.165, 1.54) is 11.9 Å². The SMILES string of the molecule is CC[C@@H](Oc1ccccc1)C(=O)OCC(=O)N(C)CC(=O)NC1CC1. The van der Waals surface area contributed by atoms with Crippen LogP contribution < -0.4 is 10.1 Å². The topological polar surface area (TPSA) is 84.9 Å². The molecule has 7 heteroatoms.